The van der Waals surface area contributed by atoms with Crippen LogP contribution in [0, 0.1) is 20.8 Å². The minimum Gasteiger partial charge on any atom is -0.343 e. The van der Waals surface area contributed by atoms with Crippen molar-refractivity contribution in [3.05, 3.63) is 208 Å². The van der Waals surface area contributed by atoms with E-state index >= 15 is 0 Å². The fourth-order valence-corrected chi connectivity index (χ4v) is 7.73. The summed E-state index contributed by atoms with van der Waals surface area (Å²) in [6, 6.07) is 49.7. The number of rotatable bonds is 10. The lowest BCUT2D eigenvalue weighted by atomic mass is 9.96. The van der Waals surface area contributed by atoms with E-state index in [4.69, 9.17) is 9.47 Å². The van der Waals surface area contributed by atoms with E-state index in [0.29, 0.717) is 22.0 Å². The second kappa shape index (κ2) is 18.8. The largest absolute Gasteiger partial charge is 0.343 e. The van der Waals surface area contributed by atoms with Crippen molar-refractivity contribution in [2.24, 2.45) is 0 Å². The van der Waals surface area contributed by atoms with Crippen LogP contribution in [0.3, 0.4) is 0 Å². The summed E-state index contributed by atoms with van der Waals surface area (Å²) < 4.78 is 23.8. The Morgan fingerprint density at radius 2 is 0.887 bits per heavy atom. The van der Waals surface area contributed by atoms with E-state index in [-0.39, 0.29) is 17.1 Å². The fraction of sp³-hybridized carbons (Fsp3) is 0.152. The average molecular weight is 725 g/mol. The summed E-state index contributed by atoms with van der Waals surface area (Å²) in [5.74, 6) is -1.54. The van der Waals surface area contributed by atoms with Gasteiger partial charge in [-0.3, -0.25) is 14.4 Å². The van der Waals surface area contributed by atoms with Crippen LogP contribution in [-0.4, -0.2) is 38.0 Å². The third kappa shape index (κ3) is 9.88. The number of aryl methyl sites for hydroxylation is 3. The van der Waals surface area contributed by atoms with E-state index in [1.165, 1.54) is 14.2 Å². The summed E-state index contributed by atoms with van der Waals surface area (Å²) in [5.41, 5.74) is 5.95. The Balaban J connectivity index is 0.000000180. The summed E-state index contributed by atoms with van der Waals surface area (Å²) in [6.07, 6.45) is 0. The Bertz CT molecular complexity index is 2080. The number of ether oxygens (including phenoxy) is 2. The van der Waals surface area contributed by atoms with Crippen molar-refractivity contribution in [1.29, 1.82) is 0 Å². The van der Waals surface area contributed by atoms with Gasteiger partial charge in [-0.05, 0) is 31.9 Å². The van der Waals surface area contributed by atoms with Gasteiger partial charge in [0.15, 0.2) is 12.9 Å². The number of carbonyl (C=O) groups is 3. The zero-order valence-corrected chi connectivity index (χ0v) is 31.9. The molecule has 0 spiro atoms. The van der Waals surface area contributed by atoms with Crippen molar-refractivity contribution in [3.63, 3.8) is 0 Å². The minimum atomic E-state index is -3.07. The molecular formula is C46H45O6P. The number of hydrogen-bond donors (Lipinski definition) is 0. The van der Waals surface area contributed by atoms with Gasteiger partial charge in [0.05, 0.1) is 0 Å². The molecule has 0 aromatic heterocycles. The molecule has 6 aromatic rings. The molecule has 0 aliphatic heterocycles. The van der Waals surface area contributed by atoms with Crippen LogP contribution in [-0.2, 0) is 19.8 Å². The second-order valence-corrected chi connectivity index (χ2v) is 15.3. The minimum absolute atomic E-state index is 0.0752. The average Bonchev–Trinajstić information content (AvgIpc) is 3.20. The predicted octanol–water partition coefficient (Wildman–Crippen LogP) is 10.0. The maximum Gasteiger partial charge on any atom is 0.260 e. The first kappa shape index (κ1) is 40.3. The van der Waals surface area contributed by atoms with Gasteiger partial charge in [-0.15, -0.1) is 0 Å². The highest BCUT2D eigenvalue weighted by Crippen LogP contribution is 2.45. The monoisotopic (exact) mass is 724 g/mol. The van der Waals surface area contributed by atoms with Gasteiger partial charge in [-0.1, -0.05) is 169 Å². The number of carbonyl (C=O) groups excluding carboxylic acids is 3. The first-order chi connectivity index (χ1) is 25.5. The maximum atomic E-state index is 13.0. The first-order valence-corrected chi connectivity index (χ1v) is 19.3. The van der Waals surface area contributed by atoms with E-state index < -0.39 is 12.9 Å². The van der Waals surface area contributed by atoms with Crippen LogP contribution in [0.1, 0.15) is 58.9 Å². The zero-order valence-electron chi connectivity index (χ0n) is 31.0. The Labute approximate surface area is 312 Å². The Morgan fingerprint density at radius 3 is 1.28 bits per heavy atom. The molecule has 6 aromatic carbocycles. The molecule has 0 saturated heterocycles. The predicted molar refractivity (Wildman–Crippen MR) is 214 cm³/mol. The van der Waals surface area contributed by atoms with E-state index in [0.717, 1.165) is 27.8 Å². The molecule has 0 radical (unpaired) electrons. The molecule has 0 aliphatic rings. The van der Waals surface area contributed by atoms with Crippen LogP contribution < -0.4 is 5.30 Å². The van der Waals surface area contributed by atoms with Gasteiger partial charge in [0.1, 0.15) is 0 Å². The lowest BCUT2D eigenvalue weighted by Crippen LogP contribution is -2.39. The van der Waals surface area contributed by atoms with Crippen molar-refractivity contribution < 1.29 is 28.4 Å². The lowest BCUT2D eigenvalue weighted by Gasteiger charge is -2.29. The van der Waals surface area contributed by atoms with Gasteiger partial charge in [0, 0.05) is 54.0 Å². The Kier molecular flexibility index (Phi) is 14.3. The van der Waals surface area contributed by atoms with Crippen molar-refractivity contribution in [1.82, 2.24) is 0 Å². The summed E-state index contributed by atoms with van der Waals surface area (Å²) in [4.78, 5) is 37.3. The molecule has 1 atom stereocenters. The lowest BCUT2D eigenvalue weighted by molar-refractivity contribution is -0.176. The molecule has 0 aliphatic carbocycles. The summed E-state index contributed by atoms with van der Waals surface area (Å²) in [6.45, 7) is 7.36. The smallest absolute Gasteiger partial charge is 0.260 e. The summed E-state index contributed by atoms with van der Waals surface area (Å²) in [7, 11) is -0.127. The molecule has 0 amide bonds. The third-order valence-electron chi connectivity index (χ3n) is 8.66. The van der Waals surface area contributed by atoms with Crippen LogP contribution in [0.5, 0.6) is 0 Å². The van der Waals surface area contributed by atoms with Gasteiger partial charge < -0.3 is 14.0 Å². The van der Waals surface area contributed by atoms with Crippen LogP contribution in [0.4, 0.5) is 0 Å². The summed E-state index contributed by atoms with van der Waals surface area (Å²) >= 11 is 0. The van der Waals surface area contributed by atoms with E-state index in [1.54, 1.807) is 30.9 Å². The number of benzene rings is 6. The topological polar surface area (TPSA) is 86.7 Å². The van der Waals surface area contributed by atoms with E-state index in [9.17, 15) is 18.9 Å². The molecule has 0 N–H and O–H groups in total. The van der Waals surface area contributed by atoms with Crippen molar-refractivity contribution in [2.45, 2.75) is 26.6 Å². The second-order valence-electron chi connectivity index (χ2n) is 12.5. The van der Waals surface area contributed by atoms with Crippen LogP contribution in [0.15, 0.2) is 164 Å². The van der Waals surface area contributed by atoms with Crippen molar-refractivity contribution in [3.8, 4) is 0 Å². The molecule has 6 nitrogen and oxygen atoms in total. The number of Topliss-reactive ketones (excluding diaryl/α,β-unsaturated/α-hetero) is 1. The van der Waals surface area contributed by atoms with Gasteiger partial charge >= 0.3 is 0 Å². The molecule has 7 heteroatoms. The highest BCUT2D eigenvalue weighted by molar-refractivity contribution is 7.86. The molecular weight excluding hydrogens is 679 g/mol. The molecule has 0 heterocycles. The molecule has 0 fully saturated rings. The highest BCUT2D eigenvalue weighted by Gasteiger charge is 2.41. The van der Waals surface area contributed by atoms with Crippen LogP contribution in [0.25, 0.3) is 0 Å². The van der Waals surface area contributed by atoms with Crippen LogP contribution in [0.2, 0.25) is 0 Å². The zero-order chi connectivity index (χ0) is 38.4. The van der Waals surface area contributed by atoms with Gasteiger partial charge in [0.25, 0.3) is 5.79 Å². The van der Waals surface area contributed by atoms with Gasteiger partial charge in [-0.25, -0.2) is 0 Å². The first-order valence-electron chi connectivity index (χ1n) is 17.1. The van der Waals surface area contributed by atoms with Gasteiger partial charge in [-0.2, -0.15) is 0 Å². The Morgan fingerprint density at radius 1 is 0.528 bits per heavy atom. The van der Waals surface area contributed by atoms with Crippen molar-refractivity contribution in [2.75, 3.05) is 20.9 Å². The third-order valence-corrected chi connectivity index (χ3v) is 10.9. The highest BCUT2D eigenvalue weighted by atomic mass is 31.2. The molecule has 0 bridgehead atoms. The molecule has 0 saturated carbocycles. The van der Waals surface area contributed by atoms with Crippen molar-refractivity contribution >= 4 is 29.5 Å². The maximum absolute atomic E-state index is 13.0. The molecule has 1 unspecified atom stereocenters. The standard InChI is InChI=1S/C17H19O2P.C16H16O3.C13H10O/c1-12-10-13(2)16(14(3)11-12)17(18)20(4,19)15-8-6-5-7-9-15;1-18-16(19-2,14-11-7-4-8-12-14)15(17)13-9-5-3-6-10-13;14-13(11-7-3-1-4-8-11)12-9-5-2-6-10-12/h5-11H,1-4H3;3-12H,1-2H3;1-10H. The van der Waals surface area contributed by atoms with Gasteiger partial charge in [0.2, 0.25) is 11.3 Å². The van der Waals surface area contributed by atoms with E-state index in [1.807, 2.05) is 160 Å². The molecule has 6 rings (SSSR count). The van der Waals surface area contributed by atoms with Crippen LogP contribution >= 0.6 is 7.14 Å². The molecule has 270 valence electrons. The number of ketones is 2. The number of methoxy groups -OCH3 is 2. The quantitative estimate of drug-likeness (QED) is 0.0794. The van der Waals surface area contributed by atoms with E-state index in [2.05, 4.69) is 0 Å². The normalized spacial score (nSPS) is 11.8. The number of hydrogen-bond acceptors (Lipinski definition) is 6. The Hall–Kier alpha value is -5.52. The summed E-state index contributed by atoms with van der Waals surface area (Å²) in [5, 5.41) is 0.615. The SMILES string of the molecule is COC(OC)(C(=O)c1ccccc1)c1ccccc1.Cc1cc(C)c(C(=O)P(C)(=O)c2ccccc2)c(C)c1.O=C(c1ccccc1)c1ccccc1. The fourth-order valence-electron chi connectivity index (χ4n) is 5.98. The molecule has 53 heavy (non-hydrogen) atoms.